The Hall–Kier alpha value is -3.75. The van der Waals surface area contributed by atoms with Crippen molar-refractivity contribution < 1.29 is 9.53 Å². The number of aromatic nitrogens is 6. The molecule has 1 aliphatic heterocycles. The van der Waals surface area contributed by atoms with Gasteiger partial charge in [-0.25, -0.2) is 15.0 Å². The maximum absolute atomic E-state index is 12.7. The van der Waals surface area contributed by atoms with Crippen LogP contribution in [0.25, 0.3) is 17.0 Å². The van der Waals surface area contributed by atoms with Crippen molar-refractivity contribution in [1.82, 2.24) is 29.7 Å². The number of hydrogen-bond acceptors (Lipinski definition) is 6. The van der Waals surface area contributed by atoms with E-state index in [1.807, 2.05) is 45.0 Å². The number of carbonyl (C=O) groups excluding carboxylic acids is 1. The van der Waals surface area contributed by atoms with E-state index >= 15 is 0 Å². The smallest absolute Gasteiger partial charge is 0.226 e. The van der Waals surface area contributed by atoms with E-state index < -0.39 is 0 Å². The molecule has 1 amide bonds. The summed E-state index contributed by atoms with van der Waals surface area (Å²) in [4.78, 5) is 28.5. The Morgan fingerprint density at radius 1 is 1.20 bits per heavy atom. The van der Waals surface area contributed by atoms with Crippen LogP contribution in [0.15, 0.2) is 36.9 Å². The zero-order chi connectivity index (χ0) is 20.8. The summed E-state index contributed by atoms with van der Waals surface area (Å²) in [5, 5.41) is 7.71. The van der Waals surface area contributed by atoms with Gasteiger partial charge in [0.2, 0.25) is 5.91 Å². The number of carbonyl (C=O) groups is 1. The Labute approximate surface area is 172 Å². The summed E-state index contributed by atoms with van der Waals surface area (Å²) in [6.07, 6.45) is 3.35. The van der Waals surface area contributed by atoms with Gasteiger partial charge >= 0.3 is 0 Å². The molecule has 4 heterocycles. The Bertz CT molecular complexity index is 1260. The number of hydrogen-bond donors (Lipinski definition) is 2. The number of para-hydroxylation sites is 1. The lowest BCUT2D eigenvalue weighted by Crippen LogP contribution is -2.25. The van der Waals surface area contributed by atoms with Crippen LogP contribution in [0, 0.1) is 6.92 Å². The van der Waals surface area contributed by atoms with Crippen molar-refractivity contribution in [1.29, 1.82) is 0 Å². The molecule has 1 unspecified atom stereocenters. The number of nitrogens with one attached hydrogen (secondary N) is 2. The van der Waals surface area contributed by atoms with Gasteiger partial charge in [-0.05, 0) is 26.8 Å². The predicted octanol–water partition coefficient (Wildman–Crippen LogP) is 3.11. The van der Waals surface area contributed by atoms with Crippen LogP contribution in [0.5, 0.6) is 5.75 Å². The molecule has 0 radical (unpaired) electrons. The topological polar surface area (TPSA) is 111 Å². The second-order valence-corrected chi connectivity index (χ2v) is 7.57. The van der Waals surface area contributed by atoms with E-state index in [0.717, 1.165) is 22.6 Å². The molecule has 0 spiro atoms. The third-order valence-corrected chi connectivity index (χ3v) is 5.16. The average molecular weight is 403 g/mol. The van der Waals surface area contributed by atoms with Gasteiger partial charge in [0.25, 0.3) is 0 Å². The van der Waals surface area contributed by atoms with Gasteiger partial charge in [-0.3, -0.25) is 4.79 Å². The second-order valence-electron chi connectivity index (χ2n) is 7.57. The number of H-pyrrole nitrogens is 1. The number of imidazole rings is 1. The van der Waals surface area contributed by atoms with E-state index in [2.05, 4.69) is 25.3 Å². The number of fused-ring (bicyclic) bond motifs is 2. The molecule has 0 saturated carbocycles. The van der Waals surface area contributed by atoms with E-state index in [9.17, 15) is 4.79 Å². The van der Waals surface area contributed by atoms with Gasteiger partial charge in [0.05, 0.1) is 18.1 Å². The summed E-state index contributed by atoms with van der Waals surface area (Å²) < 4.78 is 7.69. The van der Waals surface area contributed by atoms with E-state index in [1.54, 1.807) is 11.0 Å². The van der Waals surface area contributed by atoms with Crippen LogP contribution in [0.1, 0.15) is 43.0 Å². The Morgan fingerprint density at radius 2 is 2.03 bits per heavy atom. The van der Waals surface area contributed by atoms with Crippen LogP contribution in [0.3, 0.4) is 0 Å². The molecule has 152 valence electrons. The maximum atomic E-state index is 12.7. The van der Waals surface area contributed by atoms with Crippen molar-refractivity contribution in [2.45, 2.75) is 39.2 Å². The molecule has 5 rings (SSSR count). The first kappa shape index (κ1) is 18.3. The molecule has 9 heteroatoms. The first-order chi connectivity index (χ1) is 14.5. The van der Waals surface area contributed by atoms with Crippen molar-refractivity contribution in [2.24, 2.45) is 0 Å². The number of nitrogens with zero attached hydrogens (tertiary/aromatic N) is 5. The molecule has 9 nitrogen and oxygen atoms in total. The van der Waals surface area contributed by atoms with Crippen molar-refractivity contribution in [3.8, 4) is 11.6 Å². The lowest BCUT2D eigenvalue weighted by Gasteiger charge is -2.26. The molecule has 30 heavy (non-hydrogen) atoms. The van der Waals surface area contributed by atoms with Crippen LogP contribution < -0.4 is 10.1 Å². The maximum Gasteiger partial charge on any atom is 0.226 e. The number of amides is 1. The molecule has 0 saturated heterocycles. The summed E-state index contributed by atoms with van der Waals surface area (Å²) in [6, 6.07) is 7.86. The van der Waals surface area contributed by atoms with Crippen molar-refractivity contribution in [3.63, 3.8) is 0 Å². The third kappa shape index (κ3) is 2.90. The number of ether oxygens (including phenoxy) is 1. The fraction of sp³-hybridized carbons (Fsp3) is 0.286. The zero-order valence-electron chi connectivity index (χ0n) is 16.9. The predicted molar refractivity (Wildman–Crippen MR) is 111 cm³/mol. The van der Waals surface area contributed by atoms with E-state index in [1.165, 1.54) is 6.33 Å². The standard InChI is InChI=1S/C21H21N7O2/c1-11(2)30-15-7-5-4-6-13(15)14-8-16(29)26-20-17(14)12(3)27-28(20)21-18-19(23-9-22-18)24-10-25-21/h4-7,9-11,14H,8H2,1-3H3,(H,26,29)(H,22,23,24,25). The van der Waals surface area contributed by atoms with Gasteiger partial charge in [0, 0.05) is 23.5 Å². The third-order valence-electron chi connectivity index (χ3n) is 5.16. The molecule has 0 fully saturated rings. The average Bonchev–Trinajstić information content (AvgIpc) is 3.32. The van der Waals surface area contributed by atoms with E-state index in [4.69, 9.17) is 9.84 Å². The minimum atomic E-state index is -0.170. The minimum Gasteiger partial charge on any atom is -0.491 e. The first-order valence-electron chi connectivity index (χ1n) is 9.82. The van der Waals surface area contributed by atoms with Gasteiger partial charge in [-0.1, -0.05) is 18.2 Å². The molecule has 1 atom stereocenters. The molecule has 3 aromatic heterocycles. The number of anilines is 1. The lowest BCUT2D eigenvalue weighted by atomic mass is 9.85. The number of aromatic amines is 1. The Kier molecular flexibility index (Phi) is 4.23. The van der Waals surface area contributed by atoms with Crippen molar-refractivity contribution in [3.05, 3.63) is 53.7 Å². The van der Waals surface area contributed by atoms with E-state index in [-0.39, 0.29) is 17.9 Å². The van der Waals surface area contributed by atoms with Gasteiger partial charge in [0.1, 0.15) is 23.4 Å². The van der Waals surface area contributed by atoms with E-state index in [0.29, 0.717) is 29.2 Å². The molecular weight excluding hydrogens is 382 g/mol. The fourth-order valence-electron chi connectivity index (χ4n) is 4.01. The molecule has 2 N–H and O–H groups in total. The lowest BCUT2D eigenvalue weighted by molar-refractivity contribution is -0.116. The molecule has 0 bridgehead atoms. The SMILES string of the molecule is Cc1nn(-c2ncnc3nc[nH]c23)c2c1C(c1ccccc1OC(C)C)CC(=O)N2. The number of benzene rings is 1. The van der Waals surface area contributed by atoms with Crippen LogP contribution in [-0.2, 0) is 4.79 Å². The van der Waals surface area contributed by atoms with Crippen molar-refractivity contribution in [2.75, 3.05) is 5.32 Å². The van der Waals surface area contributed by atoms with Gasteiger partial charge in [0.15, 0.2) is 11.5 Å². The zero-order valence-corrected chi connectivity index (χ0v) is 16.9. The van der Waals surface area contributed by atoms with Crippen LogP contribution in [0.2, 0.25) is 0 Å². The van der Waals surface area contributed by atoms with Crippen LogP contribution in [-0.4, -0.2) is 41.7 Å². The first-order valence-corrected chi connectivity index (χ1v) is 9.82. The van der Waals surface area contributed by atoms with Crippen LogP contribution in [0.4, 0.5) is 5.82 Å². The summed E-state index contributed by atoms with van der Waals surface area (Å²) in [5.41, 5.74) is 3.94. The van der Waals surface area contributed by atoms with Gasteiger partial charge in [-0.2, -0.15) is 9.78 Å². The molecule has 0 aliphatic carbocycles. The van der Waals surface area contributed by atoms with Crippen molar-refractivity contribution >= 4 is 22.9 Å². The largest absolute Gasteiger partial charge is 0.491 e. The fourth-order valence-corrected chi connectivity index (χ4v) is 4.01. The summed E-state index contributed by atoms with van der Waals surface area (Å²) in [7, 11) is 0. The quantitative estimate of drug-likeness (QED) is 0.542. The molecule has 1 aliphatic rings. The number of aryl methyl sites for hydroxylation is 1. The molecule has 1 aromatic carbocycles. The Balaban J connectivity index is 1.69. The summed E-state index contributed by atoms with van der Waals surface area (Å²) in [5.74, 6) is 1.68. The highest BCUT2D eigenvalue weighted by Crippen LogP contribution is 2.43. The Morgan fingerprint density at radius 3 is 2.87 bits per heavy atom. The monoisotopic (exact) mass is 403 g/mol. The summed E-state index contributed by atoms with van der Waals surface area (Å²) >= 11 is 0. The highest BCUT2D eigenvalue weighted by Gasteiger charge is 2.34. The summed E-state index contributed by atoms with van der Waals surface area (Å²) in [6.45, 7) is 5.92. The van der Waals surface area contributed by atoms with Gasteiger partial charge in [-0.15, -0.1) is 0 Å². The minimum absolute atomic E-state index is 0.0292. The second kappa shape index (κ2) is 6.94. The van der Waals surface area contributed by atoms with Crippen LogP contribution >= 0.6 is 0 Å². The highest BCUT2D eigenvalue weighted by molar-refractivity contribution is 5.95. The highest BCUT2D eigenvalue weighted by atomic mass is 16.5. The normalized spacial score (nSPS) is 16.0. The molecular formula is C21H21N7O2. The molecule has 4 aromatic rings. The number of rotatable bonds is 4. The van der Waals surface area contributed by atoms with Gasteiger partial charge < -0.3 is 15.0 Å².